The average Bonchev–Trinajstić information content (AvgIpc) is 3.07. The molecule has 0 amide bonds. The Morgan fingerprint density at radius 1 is 1.28 bits per heavy atom. The lowest BCUT2D eigenvalue weighted by Gasteiger charge is -2.24. The van der Waals surface area contributed by atoms with Crippen molar-refractivity contribution < 1.29 is 0 Å². The quantitative estimate of drug-likeness (QED) is 0.640. The topological polar surface area (TPSA) is 70.6 Å². The van der Waals surface area contributed by atoms with Gasteiger partial charge in [0.1, 0.15) is 5.69 Å². The molecule has 3 N–H and O–H groups in total. The van der Waals surface area contributed by atoms with E-state index in [9.17, 15) is 0 Å². The van der Waals surface area contributed by atoms with Crippen molar-refractivity contribution in [3.8, 4) is 0 Å². The van der Waals surface area contributed by atoms with Crippen molar-refractivity contribution in [1.29, 1.82) is 0 Å². The molecule has 25 heavy (non-hydrogen) atoms. The number of aromatic nitrogens is 3. The average molecular weight is 333 g/mol. The minimum absolute atomic E-state index is 0.336. The number of hydrogen-bond acceptors (Lipinski definition) is 5. The highest BCUT2D eigenvalue weighted by atomic mass is 15.3. The van der Waals surface area contributed by atoms with Gasteiger partial charge in [0.25, 0.3) is 11.5 Å². The van der Waals surface area contributed by atoms with Crippen LogP contribution in [0.3, 0.4) is 0 Å². The second-order valence-electron chi connectivity index (χ2n) is 6.09. The molecule has 1 aliphatic heterocycles. The zero-order valence-electron chi connectivity index (χ0n) is 13.7. The summed E-state index contributed by atoms with van der Waals surface area (Å²) in [5, 5.41) is 14.8. The van der Waals surface area contributed by atoms with Crippen LogP contribution in [-0.2, 0) is 0 Å². The molecule has 2 aromatic heterocycles. The van der Waals surface area contributed by atoms with E-state index in [1.807, 2.05) is 36.4 Å². The number of para-hydroxylation sites is 1. The molecular weight excluding hydrogens is 314 g/mol. The molecule has 0 spiro atoms. The van der Waals surface area contributed by atoms with Gasteiger partial charge in [0, 0.05) is 24.3 Å². The minimum Gasteiger partial charge on any atom is -0.363 e. The molecule has 0 bridgehead atoms. The van der Waals surface area contributed by atoms with E-state index in [4.69, 9.17) is 6.57 Å². The SMILES string of the molecule is [C-]#[N+]c1cnc2c(Nc3ccccc3)cc(N[C@H]3CCCNC3)nn12. The molecule has 1 atom stereocenters. The maximum absolute atomic E-state index is 7.33. The lowest BCUT2D eigenvalue weighted by atomic mass is 10.1. The molecule has 3 heterocycles. The number of benzene rings is 1. The molecular formula is C18H19N7. The third-order valence-electron chi connectivity index (χ3n) is 4.27. The summed E-state index contributed by atoms with van der Waals surface area (Å²) in [4.78, 5) is 7.87. The summed E-state index contributed by atoms with van der Waals surface area (Å²) in [7, 11) is 0. The Labute approximate surface area is 145 Å². The van der Waals surface area contributed by atoms with Gasteiger partial charge in [-0.25, -0.2) is 4.98 Å². The van der Waals surface area contributed by atoms with Crippen LogP contribution in [0.1, 0.15) is 12.8 Å². The summed E-state index contributed by atoms with van der Waals surface area (Å²) in [6.45, 7) is 9.31. The van der Waals surface area contributed by atoms with Crippen molar-refractivity contribution in [3.05, 3.63) is 54.0 Å². The number of piperidine rings is 1. The second-order valence-corrected chi connectivity index (χ2v) is 6.09. The van der Waals surface area contributed by atoms with E-state index in [0.717, 1.165) is 43.1 Å². The third-order valence-corrected chi connectivity index (χ3v) is 4.27. The summed E-state index contributed by atoms with van der Waals surface area (Å²) in [6.07, 6.45) is 3.80. The third kappa shape index (κ3) is 3.25. The molecule has 1 saturated heterocycles. The molecule has 7 nitrogen and oxygen atoms in total. The van der Waals surface area contributed by atoms with E-state index >= 15 is 0 Å². The molecule has 0 unspecified atom stereocenters. The van der Waals surface area contributed by atoms with Crippen molar-refractivity contribution in [2.24, 2.45) is 0 Å². The Bertz CT molecular complexity index is 904. The molecule has 1 aliphatic rings. The van der Waals surface area contributed by atoms with Gasteiger partial charge in [0.2, 0.25) is 0 Å². The highest BCUT2D eigenvalue weighted by Crippen LogP contribution is 2.27. The Balaban J connectivity index is 1.72. The molecule has 0 radical (unpaired) electrons. The number of rotatable bonds is 4. The highest BCUT2D eigenvalue weighted by Gasteiger charge is 2.18. The van der Waals surface area contributed by atoms with Crippen LogP contribution in [0.15, 0.2) is 42.6 Å². The summed E-state index contributed by atoms with van der Waals surface area (Å²) in [6, 6.07) is 12.2. The first-order chi connectivity index (χ1) is 12.3. The lowest BCUT2D eigenvalue weighted by Crippen LogP contribution is -2.38. The number of nitrogens with zero attached hydrogens (tertiary/aromatic N) is 4. The van der Waals surface area contributed by atoms with Gasteiger partial charge in [-0.3, -0.25) is 0 Å². The number of imidazole rings is 1. The van der Waals surface area contributed by atoms with Gasteiger partial charge in [0.05, 0.1) is 6.20 Å². The van der Waals surface area contributed by atoms with Crippen molar-refractivity contribution >= 4 is 28.7 Å². The van der Waals surface area contributed by atoms with Gasteiger partial charge >= 0.3 is 0 Å². The summed E-state index contributed by atoms with van der Waals surface area (Å²) >= 11 is 0. The molecule has 3 aromatic rings. The van der Waals surface area contributed by atoms with Gasteiger partial charge in [-0.15, -0.1) is 4.52 Å². The smallest absolute Gasteiger partial charge is 0.275 e. The summed E-state index contributed by atoms with van der Waals surface area (Å²) < 4.78 is 1.59. The molecule has 7 heteroatoms. The Hall–Kier alpha value is -3.11. The van der Waals surface area contributed by atoms with Crippen LogP contribution >= 0.6 is 0 Å². The monoisotopic (exact) mass is 333 g/mol. The standard InChI is InChI=1S/C18H19N7/c1-19-17-12-21-18-15(22-13-6-3-2-4-7-13)10-16(24-25(17)18)23-14-8-5-9-20-11-14/h2-4,6-7,10,12,14,20,22H,5,8-9,11H2,(H,23,24)/t14-/m0/s1. The van der Waals surface area contributed by atoms with E-state index in [-0.39, 0.29) is 0 Å². The predicted molar refractivity (Wildman–Crippen MR) is 98.5 cm³/mol. The van der Waals surface area contributed by atoms with Gasteiger partial charge in [0.15, 0.2) is 5.82 Å². The minimum atomic E-state index is 0.336. The predicted octanol–water partition coefficient (Wildman–Crippen LogP) is 3.19. The van der Waals surface area contributed by atoms with Gasteiger partial charge in [-0.2, -0.15) is 0 Å². The molecule has 1 fully saturated rings. The fraction of sp³-hybridized carbons (Fsp3) is 0.278. The number of nitrogens with one attached hydrogen (secondary N) is 3. The van der Waals surface area contributed by atoms with Crippen LogP contribution in [-0.4, -0.2) is 33.7 Å². The van der Waals surface area contributed by atoms with Crippen LogP contribution in [0, 0.1) is 6.57 Å². The van der Waals surface area contributed by atoms with E-state index in [0.29, 0.717) is 17.5 Å². The van der Waals surface area contributed by atoms with Crippen molar-refractivity contribution in [2.45, 2.75) is 18.9 Å². The van der Waals surface area contributed by atoms with Crippen molar-refractivity contribution in [2.75, 3.05) is 23.7 Å². The van der Waals surface area contributed by atoms with Gasteiger partial charge in [-0.1, -0.05) is 29.9 Å². The molecule has 1 aromatic carbocycles. The molecule has 126 valence electrons. The van der Waals surface area contributed by atoms with E-state index < -0.39 is 0 Å². The van der Waals surface area contributed by atoms with E-state index in [1.165, 1.54) is 0 Å². The fourth-order valence-electron chi connectivity index (χ4n) is 3.06. The summed E-state index contributed by atoms with van der Waals surface area (Å²) in [5.74, 6) is 1.14. The number of hydrogen-bond donors (Lipinski definition) is 3. The van der Waals surface area contributed by atoms with Crippen LogP contribution in [0.5, 0.6) is 0 Å². The van der Waals surface area contributed by atoms with Crippen molar-refractivity contribution in [1.82, 2.24) is 19.9 Å². The first-order valence-electron chi connectivity index (χ1n) is 8.39. The summed E-state index contributed by atoms with van der Waals surface area (Å²) in [5.41, 5.74) is 2.43. The molecule has 0 saturated carbocycles. The number of fused-ring (bicyclic) bond motifs is 1. The van der Waals surface area contributed by atoms with Crippen molar-refractivity contribution in [3.63, 3.8) is 0 Å². The fourth-order valence-corrected chi connectivity index (χ4v) is 3.06. The van der Waals surface area contributed by atoms with E-state index in [1.54, 1.807) is 10.7 Å². The highest BCUT2D eigenvalue weighted by molar-refractivity contribution is 5.77. The Morgan fingerprint density at radius 2 is 2.16 bits per heavy atom. The second kappa shape index (κ2) is 6.79. The first kappa shape index (κ1) is 15.4. The Kier molecular flexibility index (Phi) is 4.19. The number of anilines is 3. The zero-order chi connectivity index (χ0) is 17.1. The van der Waals surface area contributed by atoms with Crippen LogP contribution < -0.4 is 16.0 Å². The Morgan fingerprint density at radius 3 is 2.92 bits per heavy atom. The molecule has 4 rings (SSSR count). The maximum Gasteiger partial charge on any atom is 0.275 e. The zero-order valence-corrected chi connectivity index (χ0v) is 13.7. The van der Waals surface area contributed by atoms with Gasteiger partial charge in [-0.05, 0) is 31.5 Å². The normalized spacial score (nSPS) is 17.2. The maximum atomic E-state index is 7.33. The van der Waals surface area contributed by atoms with Crippen LogP contribution in [0.4, 0.5) is 23.0 Å². The largest absolute Gasteiger partial charge is 0.363 e. The van der Waals surface area contributed by atoms with E-state index in [2.05, 4.69) is 30.9 Å². The van der Waals surface area contributed by atoms with Crippen LogP contribution in [0.2, 0.25) is 0 Å². The first-order valence-corrected chi connectivity index (χ1v) is 8.39. The van der Waals surface area contributed by atoms with Crippen LogP contribution in [0.25, 0.3) is 10.5 Å². The lowest BCUT2D eigenvalue weighted by molar-refractivity contribution is 0.478. The van der Waals surface area contributed by atoms with Gasteiger partial charge < -0.3 is 20.8 Å². The molecule has 0 aliphatic carbocycles.